The van der Waals surface area contributed by atoms with Crippen LogP contribution < -0.4 is 0 Å². The molecule has 1 fully saturated rings. The summed E-state index contributed by atoms with van der Waals surface area (Å²) in [6.45, 7) is 20.0. The molecule has 0 spiro atoms. The normalized spacial score (nSPS) is 22.6. The number of rotatable bonds is 15. The van der Waals surface area contributed by atoms with Crippen molar-refractivity contribution < 1.29 is 18.8 Å². The predicted molar refractivity (Wildman–Crippen MR) is 166 cm³/mol. The van der Waals surface area contributed by atoms with Gasteiger partial charge in [0, 0.05) is 11.8 Å². The van der Waals surface area contributed by atoms with Crippen LogP contribution in [-0.2, 0) is 13.6 Å². The first-order valence-electron chi connectivity index (χ1n) is 15.5. The summed E-state index contributed by atoms with van der Waals surface area (Å²) in [5, 5.41) is 10.5. The van der Waals surface area contributed by atoms with Crippen LogP contribution in [0.15, 0.2) is 29.5 Å². The molecule has 0 bridgehead atoms. The maximum absolute atomic E-state index is 12.9. The highest BCUT2D eigenvalue weighted by atomic mass is 28.4. The standard InChI is InChI=1S/C32H58O4Si2/c1-10-19-26-23-24-29(35-38(11-2,12-3)13-4)28(26)22-15-14-18-25-32(30(33)34,27-20-16-17-21-27)36-37(8,9)31(5,6)7/h14,23,25,27-29H,10-13,15-17,19-22,24H2,1-9H3,(H,33,34)/t18?,28-,29+,32?/m1/s1. The second-order valence-corrected chi connectivity index (χ2v) is 22.8. The molecule has 0 aromatic rings. The zero-order valence-corrected chi connectivity index (χ0v) is 28.1. The fourth-order valence-electron chi connectivity index (χ4n) is 6.19. The maximum Gasteiger partial charge on any atom is 0.339 e. The van der Waals surface area contributed by atoms with Gasteiger partial charge in [0.25, 0.3) is 0 Å². The molecule has 1 saturated carbocycles. The van der Waals surface area contributed by atoms with E-state index in [-0.39, 0.29) is 11.0 Å². The lowest BCUT2D eigenvalue weighted by Gasteiger charge is -2.44. The van der Waals surface area contributed by atoms with E-state index in [2.05, 4.69) is 79.4 Å². The van der Waals surface area contributed by atoms with E-state index in [1.807, 2.05) is 0 Å². The summed E-state index contributed by atoms with van der Waals surface area (Å²) in [4.78, 5) is 12.9. The lowest BCUT2D eigenvalue weighted by molar-refractivity contribution is -0.156. The Hall–Kier alpha value is -0.916. The number of carboxylic acid groups (broad SMARTS) is 1. The first-order valence-corrected chi connectivity index (χ1v) is 21.0. The Balaban J connectivity index is 2.26. The highest BCUT2D eigenvalue weighted by molar-refractivity contribution is 6.74. The van der Waals surface area contributed by atoms with Crippen LogP contribution in [-0.4, -0.2) is 39.4 Å². The zero-order valence-electron chi connectivity index (χ0n) is 26.1. The van der Waals surface area contributed by atoms with Gasteiger partial charge in [0.15, 0.2) is 22.2 Å². The second-order valence-electron chi connectivity index (χ2n) is 13.3. The van der Waals surface area contributed by atoms with Crippen molar-refractivity contribution in [3.63, 3.8) is 0 Å². The van der Waals surface area contributed by atoms with Gasteiger partial charge in [-0.3, -0.25) is 0 Å². The van der Waals surface area contributed by atoms with Crippen molar-refractivity contribution in [1.29, 1.82) is 0 Å². The van der Waals surface area contributed by atoms with E-state index in [4.69, 9.17) is 8.85 Å². The summed E-state index contributed by atoms with van der Waals surface area (Å²) >= 11 is 0. The van der Waals surface area contributed by atoms with Gasteiger partial charge in [0.05, 0.1) is 6.10 Å². The molecule has 218 valence electrons. The van der Waals surface area contributed by atoms with Gasteiger partial charge in [-0.25, -0.2) is 4.79 Å². The van der Waals surface area contributed by atoms with Gasteiger partial charge in [0.1, 0.15) is 0 Å². The van der Waals surface area contributed by atoms with E-state index in [0.29, 0.717) is 12.0 Å². The van der Waals surface area contributed by atoms with E-state index in [1.54, 1.807) is 11.6 Å². The van der Waals surface area contributed by atoms with Crippen molar-refractivity contribution in [3.05, 3.63) is 29.5 Å². The molecule has 0 aromatic carbocycles. The van der Waals surface area contributed by atoms with Gasteiger partial charge < -0.3 is 14.0 Å². The molecule has 0 aromatic heterocycles. The highest BCUT2D eigenvalue weighted by Gasteiger charge is 2.52. The van der Waals surface area contributed by atoms with Crippen molar-refractivity contribution >= 4 is 22.6 Å². The van der Waals surface area contributed by atoms with Crippen molar-refractivity contribution in [3.8, 4) is 0 Å². The molecule has 0 heterocycles. The summed E-state index contributed by atoms with van der Waals surface area (Å²) in [5.41, 5.74) is 3.62. The minimum Gasteiger partial charge on any atom is -0.479 e. The van der Waals surface area contributed by atoms with Crippen LogP contribution in [0.1, 0.15) is 106 Å². The Morgan fingerprint density at radius 3 is 2.21 bits per heavy atom. The molecule has 1 N–H and O–H groups in total. The lowest BCUT2D eigenvalue weighted by Crippen LogP contribution is -2.55. The first kappa shape index (κ1) is 33.3. The minimum absolute atomic E-state index is 0.0111. The van der Waals surface area contributed by atoms with Gasteiger partial charge in [0.2, 0.25) is 0 Å². The molecule has 2 aliphatic carbocycles. The van der Waals surface area contributed by atoms with E-state index in [0.717, 1.165) is 57.8 Å². The van der Waals surface area contributed by atoms with E-state index >= 15 is 0 Å². The van der Waals surface area contributed by atoms with Gasteiger partial charge in [-0.05, 0) is 86.9 Å². The van der Waals surface area contributed by atoms with Crippen LogP contribution in [0.2, 0.25) is 36.3 Å². The number of hydrogen-bond donors (Lipinski definition) is 1. The SMILES string of the molecule is CCCC1=CC[C@H](O[Si](CC)(CC)CC)[C@@H]1CCC=C=CC(O[Si](C)(C)C(C)(C)C)(C(=O)O)C1CCCC1. The third kappa shape index (κ3) is 7.84. The molecular formula is C32H58O4Si2. The van der Waals surface area contributed by atoms with Crippen LogP contribution in [0.3, 0.4) is 0 Å². The molecule has 38 heavy (non-hydrogen) atoms. The van der Waals surface area contributed by atoms with E-state index in [1.165, 1.54) is 18.1 Å². The van der Waals surface area contributed by atoms with Crippen molar-refractivity contribution in [1.82, 2.24) is 0 Å². The Morgan fingerprint density at radius 1 is 1.11 bits per heavy atom. The molecule has 1 unspecified atom stereocenters. The lowest BCUT2D eigenvalue weighted by atomic mass is 9.86. The third-order valence-electron chi connectivity index (χ3n) is 9.97. The van der Waals surface area contributed by atoms with Crippen molar-refractivity contribution in [2.24, 2.45) is 11.8 Å². The summed E-state index contributed by atoms with van der Waals surface area (Å²) in [5.74, 6) is -0.378. The average molecular weight is 563 g/mol. The average Bonchev–Trinajstić information content (AvgIpc) is 3.52. The number of carbonyl (C=O) groups is 1. The molecular weight excluding hydrogens is 505 g/mol. The molecule has 2 aliphatic rings. The van der Waals surface area contributed by atoms with Crippen molar-refractivity contribution in [2.45, 2.75) is 154 Å². The number of aliphatic carboxylic acids is 1. The highest BCUT2D eigenvalue weighted by Crippen LogP contribution is 2.45. The maximum atomic E-state index is 12.9. The quantitative estimate of drug-likeness (QED) is 0.123. The Kier molecular flexibility index (Phi) is 12.4. The monoisotopic (exact) mass is 562 g/mol. The Bertz CT molecular complexity index is 847. The topological polar surface area (TPSA) is 55.8 Å². The molecule has 3 atom stereocenters. The van der Waals surface area contributed by atoms with Gasteiger partial charge in [-0.15, -0.1) is 5.73 Å². The molecule has 0 aliphatic heterocycles. The predicted octanol–water partition coefficient (Wildman–Crippen LogP) is 9.65. The number of hydrogen-bond acceptors (Lipinski definition) is 3. The minimum atomic E-state index is -2.31. The Morgan fingerprint density at radius 2 is 1.71 bits per heavy atom. The molecule has 0 amide bonds. The third-order valence-corrected chi connectivity index (χ3v) is 19.1. The fourth-order valence-corrected chi connectivity index (χ4v) is 10.6. The van der Waals surface area contributed by atoms with Gasteiger partial charge in [-0.2, -0.15) is 0 Å². The zero-order chi connectivity index (χ0) is 28.6. The van der Waals surface area contributed by atoms with Crippen molar-refractivity contribution in [2.75, 3.05) is 0 Å². The van der Waals surface area contributed by atoms with Gasteiger partial charge >= 0.3 is 5.97 Å². The molecule has 6 heteroatoms. The van der Waals surface area contributed by atoms with Crippen LogP contribution in [0.25, 0.3) is 0 Å². The second kappa shape index (κ2) is 14.1. The van der Waals surface area contributed by atoms with E-state index in [9.17, 15) is 9.90 Å². The largest absolute Gasteiger partial charge is 0.479 e. The summed E-state index contributed by atoms with van der Waals surface area (Å²) < 4.78 is 13.7. The molecule has 4 nitrogen and oxygen atoms in total. The summed E-state index contributed by atoms with van der Waals surface area (Å²) in [6.07, 6.45) is 15.8. The molecule has 0 saturated heterocycles. The molecule has 0 radical (unpaired) electrons. The summed E-state index contributed by atoms with van der Waals surface area (Å²) in [6, 6.07) is 3.55. The number of carboxylic acids is 1. The van der Waals surface area contributed by atoms with E-state index < -0.39 is 28.2 Å². The fraction of sp³-hybridized carbons (Fsp3) is 0.812. The smallest absolute Gasteiger partial charge is 0.339 e. The molecule has 2 rings (SSSR count). The van der Waals surface area contributed by atoms with Gasteiger partial charge in [-0.1, -0.05) is 79.4 Å². The van der Waals surface area contributed by atoms with Crippen LogP contribution in [0, 0.1) is 11.8 Å². The summed E-state index contributed by atoms with van der Waals surface area (Å²) in [7, 11) is -3.97. The van der Waals surface area contributed by atoms with Crippen LogP contribution >= 0.6 is 0 Å². The van der Waals surface area contributed by atoms with Crippen LogP contribution in [0.5, 0.6) is 0 Å². The first-order chi connectivity index (χ1) is 17.8. The van der Waals surface area contributed by atoms with Crippen LogP contribution in [0.4, 0.5) is 0 Å². The Labute approximate surface area is 236 Å².